The number of carbonyl (C=O) groups excluding carboxylic acids is 1. The Labute approximate surface area is 211 Å². The molecule has 0 bridgehead atoms. The molecule has 0 radical (unpaired) electrons. The van der Waals surface area contributed by atoms with Crippen LogP contribution in [0.4, 0.5) is 4.39 Å². The number of para-hydroxylation sites is 1. The van der Waals surface area contributed by atoms with Crippen LogP contribution in [-0.2, 0) is 11.3 Å². The minimum atomic E-state index is -0.316. The normalized spacial score (nSPS) is 14.4. The number of piperidine rings is 1. The molecule has 1 aliphatic heterocycles. The maximum absolute atomic E-state index is 13.5. The zero-order valence-corrected chi connectivity index (χ0v) is 20.7. The van der Waals surface area contributed by atoms with Crippen molar-refractivity contribution in [1.82, 2.24) is 15.2 Å². The van der Waals surface area contributed by atoms with Gasteiger partial charge < -0.3 is 19.5 Å². The molecule has 1 aliphatic rings. The number of nitrogens with zero attached hydrogens (tertiary/aromatic N) is 2. The summed E-state index contributed by atoms with van der Waals surface area (Å²) in [5.41, 5.74) is 2.87. The van der Waals surface area contributed by atoms with E-state index < -0.39 is 0 Å². The lowest BCUT2D eigenvalue weighted by atomic mass is 10.0. The number of amides is 1. The summed E-state index contributed by atoms with van der Waals surface area (Å²) in [6, 6.07) is 15.7. The van der Waals surface area contributed by atoms with Gasteiger partial charge in [-0.15, -0.1) is 0 Å². The molecule has 4 rings (SSSR count). The molecule has 1 fully saturated rings. The zero-order valence-electron chi connectivity index (χ0n) is 20.7. The smallest absolute Gasteiger partial charge is 0.253 e. The number of halogens is 1. The van der Waals surface area contributed by atoms with Gasteiger partial charge >= 0.3 is 0 Å². The Balaban J connectivity index is 1.30. The number of carbonyl (C=O) groups is 1. The molecule has 0 aliphatic carbocycles. The Bertz CT molecular complexity index is 1150. The van der Waals surface area contributed by atoms with Crippen LogP contribution in [0.5, 0.6) is 11.5 Å². The lowest BCUT2D eigenvalue weighted by Gasteiger charge is -2.32. The third-order valence-corrected chi connectivity index (χ3v) is 6.28. The first kappa shape index (κ1) is 25.6. The number of rotatable bonds is 10. The Morgan fingerprint density at radius 1 is 1.08 bits per heavy atom. The molecule has 190 valence electrons. The molecule has 1 N–H and O–H groups in total. The third kappa shape index (κ3) is 6.59. The molecule has 1 amide bonds. The van der Waals surface area contributed by atoms with E-state index in [0.717, 1.165) is 43.8 Å². The van der Waals surface area contributed by atoms with Gasteiger partial charge in [0.05, 0.1) is 25.0 Å². The van der Waals surface area contributed by atoms with E-state index in [1.807, 2.05) is 12.1 Å². The summed E-state index contributed by atoms with van der Waals surface area (Å²) in [7, 11) is 3.29. The van der Waals surface area contributed by atoms with Crippen molar-refractivity contribution in [3.63, 3.8) is 0 Å². The van der Waals surface area contributed by atoms with Gasteiger partial charge in [-0.25, -0.2) is 4.39 Å². The fraction of sp³-hybridized carbons (Fsp3) is 0.357. The lowest BCUT2D eigenvalue weighted by molar-refractivity contribution is 0.0908. The zero-order chi connectivity index (χ0) is 25.3. The van der Waals surface area contributed by atoms with Gasteiger partial charge in [0.15, 0.2) is 11.5 Å². The van der Waals surface area contributed by atoms with Crippen LogP contribution in [-0.4, -0.2) is 62.4 Å². The van der Waals surface area contributed by atoms with Gasteiger partial charge in [0, 0.05) is 50.1 Å². The van der Waals surface area contributed by atoms with Crippen molar-refractivity contribution in [1.29, 1.82) is 0 Å². The second-order valence-corrected chi connectivity index (χ2v) is 8.76. The SMILES string of the molecule is COCCOc1c(CN2CCC(NC(=O)c3ccc(-c4cccc(F)c4)nc3)CC2)cccc1OC. The van der Waals surface area contributed by atoms with E-state index in [9.17, 15) is 9.18 Å². The van der Waals surface area contributed by atoms with E-state index in [-0.39, 0.29) is 17.8 Å². The third-order valence-electron chi connectivity index (χ3n) is 6.28. The number of ether oxygens (including phenoxy) is 3. The number of hydrogen-bond acceptors (Lipinski definition) is 6. The van der Waals surface area contributed by atoms with Crippen LogP contribution >= 0.6 is 0 Å². The first-order chi connectivity index (χ1) is 17.6. The molecule has 0 unspecified atom stereocenters. The van der Waals surface area contributed by atoms with Crippen LogP contribution < -0.4 is 14.8 Å². The van der Waals surface area contributed by atoms with Gasteiger partial charge in [-0.3, -0.25) is 14.7 Å². The highest BCUT2D eigenvalue weighted by atomic mass is 19.1. The quantitative estimate of drug-likeness (QED) is 0.424. The van der Waals surface area contributed by atoms with Crippen LogP contribution in [0.25, 0.3) is 11.3 Å². The minimum Gasteiger partial charge on any atom is -0.493 e. The highest BCUT2D eigenvalue weighted by molar-refractivity contribution is 5.94. The minimum absolute atomic E-state index is 0.0966. The maximum atomic E-state index is 13.5. The van der Waals surface area contributed by atoms with E-state index in [1.54, 1.807) is 44.7 Å². The van der Waals surface area contributed by atoms with Crippen molar-refractivity contribution >= 4 is 5.91 Å². The Morgan fingerprint density at radius 3 is 2.58 bits per heavy atom. The molecular formula is C28H32FN3O4. The predicted octanol–water partition coefficient (Wildman–Crippen LogP) is 4.32. The van der Waals surface area contributed by atoms with Crippen LogP contribution in [0, 0.1) is 5.82 Å². The van der Waals surface area contributed by atoms with E-state index in [4.69, 9.17) is 14.2 Å². The van der Waals surface area contributed by atoms with Gasteiger partial charge in [-0.05, 0) is 43.2 Å². The molecule has 2 aromatic carbocycles. The molecular weight excluding hydrogens is 461 g/mol. The van der Waals surface area contributed by atoms with Crippen molar-refractivity contribution in [2.75, 3.05) is 40.5 Å². The number of methoxy groups -OCH3 is 2. The summed E-state index contributed by atoms with van der Waals surface area (Å²) in [6.07, 6.45) is 3.24. The maximum Gasteiger partial charge on any atom is 0.253 e. The summed E-state index contributed by atoms with van der Waals surface area (Å²) in [6.45, 7) is 3.42. The lowest BCUT2D eigenvalue weighted by Crippen LogP contribution is -2.44. The summed E-state index contributed by atoms with van der Waals surface area (Å²) in [4.78, 5) is 19.5. The number of nitrogens with one attached hydrogen (secondary N) is 1. The van der Waals surface area contributed by atoms with Gasteiger partial charge in [0.2, 0.25) is 0 Å². The molecule has 2 heterocycles. The van der Waals surface area contributed by atoms with E-state index in [0.29, 0.717) is 35.8 Å². The number of benzene rings is 2. The van der Waals surface area contributed by atoms with Crippen molar-refractivity contribution in [2.24, 2.45) is 0 Å². The van der Waals surface area contributed by atoms with E-state index >= 15 is 0 Å². The highest BCUT2D eigenvalue weighted by Gasteiger charge is 2.23. The summed E-state index contributed by atoms with van der Waals surface area (Å²) in [5.74, 6) is 1.00. The molecule has 1 saturated heterocycles. The molecule has 0 atom stereocenters. The molecule has 7 nitrogen and oxygen atoms in total. The van der Waals surface area contributed by atoms with Crippen molar-refractivity contribution in [3.8, 4) is 22.8 Å². The Morgan fingerprint density at radius 2 is 1.89 bits per heavy atom. The molecule has 8 heteroatoms. The molecule has 3 aromatic rings. The average molecular weight is 494 g/mol. The summed E-state index contributed by atoms with van der Waals surface area (Å²) < 4.78 is 30.0. The standard InChI is InChI=1S/C28H32FN3O4/c1-34-15-16-36-27-22(6-4-8-26(27)35-2)19-32-13-11-24(12-14-32)31-28(33)21-9-10-25(30-18-21)20-5-3-7-23(29)17-20/h3-10,17-18,24H,11-16,19H2,1-2H3,(H,31,33). The summed E-state index contributed by atoms with van der Waals surface area (Å²) >= 11 is 0. The van der Waals surface area contributed by atoms with E-state index in [1.165, 1.54) is 12.1 Å². The largest absolute Gasteiger partial charge is 0.493 e. The van der Waals surface area contributed by atoms with Crippen LogP contribution in [0.2, 0.25) is 0 Å². The Hall–Kier alpha value is -3.49. The molecule has 1 aromatic heterocycles. The number of pyridine rings is 1. The van der Waals surface area contributed by atoms with Gasteiger partial charge in [-0.1, -0.05) is 24.3 Å². The highest BCUT2D eigenvalue weighted by Crippen LogP contribution is 2.32. The van der Waals surface area contributed by atoms with Crippen LogP contribution in [0.3, 0.4) is 0 Å². The second kappa shape index (κ2) is 12.5. The van der Waals surface area contributed by atoms with Crippen molar-refractivity contribution in [2.45, 2.75) is 25.4 Å². The topological polar surface area (TPSA) is 72.9 Å². The van der Waals surface area contributed by atoms with Crippen LogP contribution in [0.15, 0.2) is 60.8 Å². The van der Waals surface area contributed by atoms with Gasteiger partial charge in [0.1, 0.15) is 12.4 Å². The van der Waals surface area contributed by atoms with Gasteiger partial charge in [0.25, 0.3) is 5.91 Å². The van der Waals surface area contributed by atoms with Crippen molar-refractivity contribution < 1.29 is 23.4 Å². The molecule has 0 saturated carbocycles. The fourth-order valence-corrected chi connectivity index (χ4v) is 4.33. The van der Waals surface area contributed by atoms with Gasteiger partial charge in [-0.2, -0.15) is 0 Å². The first-order valence-corrected chi connectivity index (χ1v) is 12.1. The first-order valence-electron chi connectivity index (χ1n) is 12.1. The van der Waals surface area contributed by atoms with Crippen molar-refractivity contribution in [3.05, 3.63) is 77.7 Å². The van der Waals surface area contributed by atoms with Crippen LogP contribution in [0.1, 0.15) is 28.8 Å². The monoisotopic (exact) mass is 493 g/mol. The summed E-state index contributed by atoms with van der Waals surface area (Å²) in [5, 5.41) is 3.13. The fourth-order valence-electron chi connectivity index (χ4n) is 4.33. The molecule has 0 spiro atoms. The number of aromatic nitrogens is 1. The predicted molar refractivity (Wildman–Crippen MR) is 136 cm³/mol. The Kier molecular flexibility index (Phi) is 8.86. The molecule has 36 heavy (non-hydrogen) atoms. The number of likely N-dealkylation sites (tertiary alicyclic amines) is 1. The number of hydrogen-bond donors (Lipinski definition) is 1. The second-order valence-electron chi connectivity index (χ2n) is 8.76. The van der Waals surface area contributed by atoms with E-state index in [2.05, 4.69) is 21.3 Å². The average Bonchev–Trinajstić information content (AvgIpc) is 2.90.